The van der Waals surface area contributed by atoms with Crippen molar-refractivity contribution in [2.75, 3.05) is 35.7 Å². The average molecular weight is 315 g/mol. The molecule has 112 valence electrons. The number of rotatable bonds is 10. The monoisotopic (exact) mass is 315 g/mol. The average Bonchev–Trinajstić information content (AvgIpc) is 2.43. The van der Waals surface area contributed by atoms with Gasteiger partial charge in [0, 0.05) is 29.5 Å². The summed E-state index contributed by atoms with van der Waals surface area (Å²) >= 11 is 3.29. The predicted octanol–water partition coefficient (Wildman–Crippen LogP) is 3.02. The minimum Gasteiger partial charge on any atom is -0.478 e. The lowest BCUT2D eigenvalue weighted by Gasteiger charge is -2.12. The van der Waals surface area contributed by atoms with Gasteiger partial charge in [-0.15, -0.1) is 11.8 Å². The minimum absolute atomic E-state index is 0.222. The van der Waals surface area contributed by atoms with Gasteiger partial charge >= 0.3 is 5.97 Å². The molecule has 0 aliphatic rings. The van der Waals surface area contributed by atoms with E-state index in [1.54, 1.807) is 23.5 Å². The molecule has 0 bridgehead atoms. The van der Waals surface area contributed by atoms with Crippen LogP contribution in [0.1, 0.15) is 23.7 Å². The van der Waals surface area contributed by atoms with Crippen LogP contribution in [-0.4, -0.2) is 46.6 Å². The molecule has 0 fully saturated rings. The molecule has 4 nitrogen and oxygen atoms in total. The van der Waals surface area contributed by atoms with Gasteiger partial charge in [-0.2, -0.15) is 11.8 Å². The summed E-state index contributed by atoms with van der Waals surface area (Å²) in [6.45, 7) is 2.95. The fraction of sp³-hybridized carbons (Fsp3) is 0.500. The molecule has 0 aliphatic carbocycles. The maximum atomic E-state index is 11.4. The van der Waals surface area contributed by atoms with Gasteiger partial charge in [-0.1, -0.05) is 13.0 Å². The number of aromatic carboxylic acids is 1. The van der Waals surface area contributed by atoms with Gasteiger partial charge in [0.15, 0.2) is 0 Å². The van der Waals surface area contributed by atoms with Crippen LogP contribution in [-0.2, 0) is 0 Å². The van der Waals surface area contributed by atoms with E-state index in [-0.39, 0.29) is 6.61 Å². The van der Waals surface area contributed by atoms with Crippen LogP contribution in [0.2, 0.25) is 0 Å². The second kappa shape index (κ2) is 9.96. The third-order valence-electron chi connectivity index (χ3n) is 2.55. The highest BCUT2D eigenvalue weighted by atomic mass is 32.2. The third kappa shape index (κ3) is 5.64. The Hall–Kier alpha value is -0.850. The summed E-state index contributed by atoms with van der Waals surface area (Å²) in [7, 11) is 0. The number of thioether (sulfide) groups is 2. The smallest absolute Gasteiger partial charge is 0.338 e. The molecule has 0 radical (unpaired) electrons. The molecule has 0 aromatic heterocycles. The Balaban J connectivity index is 2.60. The summed E-state index contributed by atoms with van der Waals surface area (Å²) in [5.41, 5.74) is 1.04. The second-order valence-corrected chi connectivity index (χ2v) is 6.56. The van der Waals surface area contributed by atoms with E-state index in [2.05, 4.69) is 5.32 Å². The molecule has 0 aliphatic heterocycles. The number of carbonyl (C=O) groups is 1. The fourth-order valence-corrected chi connectivity index (χ4v) is 3.31. The molecule has 0 unspecified atom stereocenters. The standard InChI is InChI=1S/C14H21NO3S2/c1-2-20-12-6-3-5-11(13(12)14(17)18)15-7-10-19-9-4-8-16/h3,5-6,15-16H,2,4,7-10H2,1H3,(H,17,18). The number of carboxylic acids is 1. The third-order valence-corrected chi connectivity index (χ3v) is 4.56. The number of hydrogen-bond acceptors (Lipinski definition) is 5. The number of anilines is 1. The van der Waals surface area contributed by atoms with E-state index < -0.39 is 5.97 Å². The molecule has 0 saturated heterocycles. The highest BCUT2D eigenvalue weighted by molar-refractivity contribution is 7.99. The number of benzene rings is 1. The lowest BCUT2D eigenvalue weighted by molar-refractivity contribution is 0.0694. The molecular formula is C14H21NO3S2. The maximum absolute atomic E-state index is 11.4. The molecule has 0 heterocycles. The van der Waals surface area contributed by atoms with Gasteiger partial charge in [-0.25, -0.2) is 4.79 Å². The first-order chi connectivity index (χ1) is 9.70. The Labute approximate surface area is 128 Å². The zero-order valence-electron chi connectivity index (χ0n) is 11.6. The Morgan fingerprint density at radius 2 is 2.15 bits per heavy atom. The first-order valence-electron chi connectivity index (χ1n) is 6.62. The van der Waals surface area contributed by atoms with Crippen LogP contribution in [0.25, 0.3) is 0 Å². The largest absolute Gasteiger partial charge is 0.478 e. The second-order valence-electron chi connectivity index (χ2n) is 4.03. The highest BCUT2D eigenvalue weighted by Gasteiger charge is 2.15. The lowest BCUT2D eigenvalue weighted by Crippen LogP contribution is -2.10. The van der Waals surface area contributed by atoms with Gasteiger partial charge in [-0.05, 0) is 30.1 Å². The van der Waals surface area contributed by atoms with Gasteiger partial charge in [-0.3, -0.25) is 0 Å². The molecule has 0 saturated carbocycles. The van der Waals surface area contributed by atoms with E-state index >= 15 is 0 Å². The van der Waals surface area contributed by atoms with E-state index in [0.29, 0.717) is 11.3 Å². The molecule has 0 amide bonds. The summed E-state index contributed by atoms with van der Waals surface area (Å²) in [6, 6.07) is 5.53. The van der Waals surface area contributed by atoms with E-state index in [9.17, 15) is 9.90 Å². The normalized spacial score (nSPS) is 10.5. The van der Waals surface area contributed by atoms with Crippen LogP contribution < -0.4 is 5.32 Å². The number of aliphatic hydroxyl groups is 1. The van der Waals surface area contributed by atoms with E-state index in [0.717, 1.165) is 35.1 Å². The zero-order chi connectivity index (χ0) is 14.8. The van der Waals surface area contributed by atoms with Crippen LogP contribution in [0.5, 0.6) is 0 Å². The van der Waals surface area contributed by atoms with Crippen LogP contribution >= 0.6 is 23.5 Å². The number of aliphatic hydroxyl groups excluding tert-OH is 1. The van der Waals surface area contributed by atoms with Gasteiger partial charge in [0.2, 0.25) is 0 Å². The summed E-state index contributed by atoms with van der Waals surface area (Å²) in [6.07, 6.45) is 0.799. The SMILES string of the molecule is CCSc1cccc(NCCSCCCO)c1C(=O)O. The van der Waals surface area contributed by atoms with Crippen molar-refractivity contribution in [1.29, 1.82) is 0 Å². The summed E-state index contributed by atoms with van der Waals surface area (Å²) in [5, 5.41) is 21.2. The van der Waals surface area contributed by atoms with Crippen molar-refractivity contribution in [3.05, 3.63) is 23.8 Å². The Morgan fingerprint density at radius 1 is 1.35 bits per heavy atom. The van der Waals surface area contributed by atoms with Crippen molar-refractivity contribution < 1.29 is 15.0 Å². The van der Waals surface area contributed by atoms with E-state index in [1.165, 1.54) is 0 Å². The van der Waals surface area contributed by atoms with Crippen molar-refractivity contribution in [2.45, 2.75) is 18.2 Å². The van der Waals surface area contributed by atoms with Gasteiger partial charge in [0.05, 0.1) is 5.56 Å². The topological polar surface area (TPSA) is 69.6 Å². The van der Waals surface area contributed by atoms with E-state index in [1.807, 2.05) is 25.1 Å². The highest BCUT2D eigenvalue weighted by Crippen LogP contribution is 2.28. The van der Waals surface area contributed by atoms with E-state index in [4.69, 9.17) is 5.11 Å². The van der Waals surface area contributed by atoms with Crippen LogP contribution in [0.3, 0.4) is 0 Å². The van der Waals surface area contributed by atoms with Gasteiger partial charge in [0.1, 0.15) is 0 Å². The Morgan fingerprint density at radius 3 is 2.80 bits per heavy atom. The molecule has 0 spiro atoms. The first-order valence-corrected chi connectivity index (χ1v) is 8.76. The maximum Gasteiger partial charge on any atom is 0.338 e. The van der Waals surface area contributed by atoms with Crippen molar-refractivity contribution in [2.24, 2.45) is 0 Å². The predicted molar refractivity (Wildman–Crippen MR) is 87.3 cm³/mol. The molecule has 6 heteroatoms. The van der Waals surface area contributed by atoms with Crippen molar-refractivity contribution in [1.82, 2.24) is 0 Å². The zero-order valence-corrected chi connectivity index (χ0v) is 13.2. The van der Waals surface area contributed by atoms with Crippen molar-refractivity contribution in [3.8, 4) is 0 Å². The van der Waals surface area contributed by atoms with Crippen LogP contribution in [0, 0.1) is 0 Å². The number of carboxylic acid groups (broad SMARTS) is 1. The fourth-order valence-electron chi connectivity index (χ4n) is 1.70. The van der Waals surface area contributed by atoms with Crippen molar-refractivity contribution in [3.63, 3.8) is 0 Å². The van der Waals surface area contributed by atoms with Crippen LogP contribution in [0.15, 0.2) is 23.1 Å². The number of nitrogens with one attached hydrogen (secondary N) is 1. The molecule has 0 atom stereocenters. The molecule has 1 aromatic carbocycles. The molecule has 1 aromatic rings. The summed E-state index contributed by atoms with van der Waals surface area (Å²) in [4.78, 5) is 12.2. The lowest BCUT2D eigenvalue weighted by atomic mass is 10.2. The molecule has 1 rings (SSSR count). The van der Waals surface area contributed by atoms with Gasteiger partial charge < -0.3 is 15.5 Å². The molecular weight excluding hydrogens is 294 g/mol. The van der Waals surface area contributed by atoms with Crippen molar-refractivity contribution >= 4 is 35.2 Å². The number of hydrogen-bond donors (Lipinski definition) is 3. The first kappa shape index (κ1) is 17.2. The summed E-state index contributed by atoms with van der Waals surface area (Å²) < 4.78 is 0. The quantitative estimate of drug-likeness (QED) is 0.455. The Kier molecular flexibility index (Phi) is 8.57. The molecule has 20 heavy (non-hydrogen) atoms. The van der Waals surface area contributed by atoms with Crippen LogP contribution in [0.4, 0.5) is 5.69 Å². The Bertz CT molecular complexity index is 427. The molecule has 3 N–H and O–H groups in total. The summed E-state index contributed by atoms with van der Waals surface area (Å²) in [5.74, 6) is 1.78. The minimum atomic E-state index is -0.892. The van der Waals surface area contributed by atoms with Gasteiger partial charge in [0.25, 0.3) is 0 Å².